The van der Waals surface area contributed by atoms with Crippen LogP contribution >= 0.6 is 0 Å². The number of para-hydroxylation sites is 1. The molecule has 1 saturated heterocycles. The molecule has 56 heavy (non-hydrogen) atoms. The molecule has 0 saturated carbocycles. The van der Waals surface area contributed by atoms with E-state index in [9.17, 15) is 28.8 Å². The first-order chi connectivity index (χ1) is 26.7. The minimum absolute atomic E-state index is 0.00620. The fourth-order valence-electron chi connectivity index (χ4n) is 6.19. The van der Waals surface area contributed by atoms with Crippen molar-refractivity contribution >= 4 is 63.4 Å². The Morgan fingerprint density at radius 2 is 1.57 bits per heavy atom. The van der Waals surface area contributed by atoms with Crippen molar-refractivity contribution < 1.29 is 38.3 Å². The summed E-state index contributed by atoms with van der Waals surface area (Å²) in [5, 5.41) is 9.50. The second-order valence-electron chi connectivity index (χ2n) is 14.7. The molecule has 0 aliphatic carbocycles. The van der Waals surface area contributed by atoms with E-state index < -0.39 is 47.3 Å². The number of pyridine rings is 1. The maximum absolute atomic E-state index is 13.4. The van der Waals surface area contributed by atoms with Gasteiger partial charge in [-0.25, -0.2) is 19.6 Å². The van der Waals surface area contributed by atoms with Gasteiger partial charge in [0.25, 0.3) is 11.8 Å². The quantitative estimate of drug-likeness (QED) is 0.0874. The van der Waals surface area contributed by atoms with Crippen LogP contribution in [0.1, 0.15) is 96.0 Å². The second kappa shape index (κ2) is 18.5. The lowest BCUT2D eigenvalue weighted by atomic mass is 10.1. The zero-order valence-electron chi connectivity index (χ0n) is 32.3. The number of nitrogens with two attached hydrogens (primary N) is 1. The third-order valence-corrected chi connectivity index (χ3v) is 9.01. The third kappa shape index (κ3) is 11.0. The van der Waals surface area contributed by atoms with Crippen molar-refractivity contribution in [3.8, 4) is 0 Å². The van der Waals surface area contributed by atoms with Crippen LogP contribution in [0.3, 0.4) is 0 Å². The molecule has 1 aliphatic rings. The number of nitrogen functional groups attached to an aromatic ring is 1. The minimum atomic E-state index is -1.13. The van der Waals surface area contributed by atoms with Gasteiger partial charge in [0.05, 0.1) is 17.6 Å². The van der Waals surface area contributed by atoms with Gasteiger partial charge >= 0.3 is 12.1 Å². The van der Waals surface area contributed by atoms with Crippen molar-refractivity contribution in [3.05, 3.63) is 65.5 Å². The molecular formula is C40H50N8O8. The zero-order valence-corrected chi connectivity index (χ0v) is 32.3. The fraction of sp³-hybridized carbons (Fsp3) is 0.450. The predicted molar refractivity (Wildman–Crippen MR) is 207 cm³/mol. The molecule has 4 aromatic rings. The highest BCUT2D eigenvalue weighted by molar-refractivity contribution is 6.06. The molecule has 2 aromatic heterocycles. The molecule has 298 valence electrons. The van der Waals surface area contributed by atoms with E-state index in [0.29, 0.717) is 22.9 Å². The maximum atomic E-state index is 13.4. The van der Waals surface area contributed by atoms with Gasteiger partial charge in [0.15, 0.2) is 5.82 Å². The van der Waals surface area contributed by atoms with Gasteiger partial charge in [0.1, 0.15) is 23.0 Å². The van der Waals surface area contributed by atoms with E-state index in [1.54, 1.807) is 20.8 Å². The summed E-state index contributed by atoms with van der Waals surface area (Å²) in [4.78, 5) is 88.4. The van der Waals surface area contributed by atoms with Crippen LogP contribution in [0.15, 0.2) is 48.5 Å². The largest absolute Gasteiger partial charge is 0.444 e. The molecule has 5 rings (SSSR count). The van der Waals surface area contributed by atoms with E-state index in [-0.39, 0.29) is 51.6 Å². The number of alkyl carbamates (subject to hydrolysis) is 1. The van der Waals surface area contributed by atoms with Gasteiger partial charge in [-0.1, -0.05) is 55.8 Å². The van der Waals surface area contributed by atoms with Crippen LogP contribution in [0, 0.1) is 0 Å². The summed E-state index contributed by atoms with van der Waals surface area (Å²) in [6.07, 6.45) is 2.39. The van der Waals surface area contributed by atoms with E-state index >= 15 is 0 Å². The fourth-order valence-corrected chi connectivity index (χ4v) is 6.19. The number of amides is 5. The number of aryl methyl sites for hydroxylation is 1. The summed E-state index contributed by atoms with van der Waals surface area (Å²) in [6.45, 7) is 7.74. The van der Waals surface area contributed by atoms with Crippen LogP contribution < -0.4 is 21.7 Å². The number of nitrogens with zero attached hydrogens (tertiary/aromatic N) is 4. The van der Waals surface area contributed by atoms with E-state index in [2.05, 4.69) is 32.4 Å². The standard InChI is InChI=1S/C40H50N8O8/c1-5-6-13-30-46-35-36(27-11-7-8-12-28(27)45-37(35)41)47(30)24-26-18-16-25(17-19-26)22-42-38(53)29(23-43-39(54)55-40(2,3)4)44-31(49)14-9-10-15-34(52)56-48-32(50)20-21-33(48)51/h7-8,11-12,16-19,29H,5-6,9-10,13-15,20-24H2,1-4H3,(H2,41,45)(H,42,53)(H,43,54)(H,44,49)/t29-/m0/s1. The lowest BCUT2D eigenvalue weighted by Gasteiger charge is -2.22. The monoisotopic (exact) mass is 770 g/mol. The van der Waals surface area contributed by atoms with Crippen molar-refractivity contribution in [2.24, 2.45) is 0 Å². The lowest BCUT2D eigenvalue weighted by molar-refractivity contribution is -0.197. The van der Waals surface area contributed by atoms with E-state index in [1.165, 1.54) is 0 Å². The van der Waals surface area contributed by atoms with Gasteiger partial charge in [-0.15, -0.1) is 5.06 Å². The molecule has 0 bridgehead atoms. The maximum Gasteiger partial charge on any atom is 0.407 e. The molecular weight excluding hydrogens is 720 g/mol. The van der Waals surface area contributed by atoms with Crippen LogP contribution in [0.4, 0.5) is 10.6 Å². The predicted octanol–water partition coefficient (Wildman–Crippen LogP) is 4.35. The second-order valence-corrected chi connectivity index (χ2v) is 14.7. The van der Waals surface area contributed by atoms with Gasteiger partial charge in [0, 0.05) is 50.6 Å². The highest BCUT2D eigenvalue weighted by atomic mass is 16.7. The van der Waals surface area contributed by atoms with Gasteiger partial charge in [-0.05, 0) is 57.2 Å². The number of nitrogens with one attached hydrogen (secondary N) is 3. The van der Waals surface area contributed by atoms with Gasteiger partial charge in [0.2, 0.25) is 11.8 Å². The zero-order chi connectivity index (χ0) is 40.4. The number of benzene rings is 2. The molecule has 0 spiro atoms. The molecule has 1 aliphatic heterocycles. The van der Waals surface area contributed by atoms with Crippen molar-refractivity contribution in [3.63, 3.8) is 0 Å². The number of carbonyl (C=O) groups is 6. The Hall–Kier alpha value is -6.06. The molecule has 16 nitrogen and oxygen atoms in total. The Morgan fingerprint density at radius 1 is 0.893 bits per heavy atom. The number of hydrogen-bond donors (Lipinski definition) is 4. The number of rotatable bonds is 17. The van der Waals surface area contributed by atoms with Crippen LogP contribution in [0.5, 0.6) is 0 Å². The average molecular weight is 771 g/mol. The minimum Gasteiger partial charge on any atom is -0.444 e. The number of carbonyl (C=O) groups excluding carboxylic acids is 6. The number of hydroxylamine groups is 2. The number of unbranched alkanes of at least 4 members (excludes halogenated alkanes) is 2. The van der Waals surface area contributed by atoms with E-state index in [1.807, 2.05) is 48.5 Å². The third-order valence-electron chi connectivity index (χ3n) is 9.01. The Morgan fingerprint density at radius 3 is 2.27 bits per heavy atom. The van der Waals surface area contributed by atoms with Crippen LogP contribution in [-0.4, -0.2) is 73.5 Å². The van der Waals surface area contributed by atoms with Crippen molar-refractivity contribution in [1.82, 2.24) is 35.5 Å². The topological polar surface area (TPSA) is 217 Å². The average Bonchev–Trinajstić information content (AvgIpc) is 3.68. The first kappa shape index (κ1) is 41.1. The molecule has 0 radical (unpaired) electrons. The number of imidazole rings is 1. The molecule has 0 unspecified atom stereocenters. The summed E-state index contributed by atoms with van der Waals surface area (Å²) in [7, 11) is 0. The number of imide groups is 1. The molecule has 1 atom stereocenters. The number of anilines is 1. The van der Waals surface area contributed by atoms with Gasteiger partial charge in [-0.2, -0.15) is 0 Å². The highest BCUT2D eigenvalue weighted by Crippen LogP contribution is 2.30. The number of ether oxygens (including phenoxy) is 1. The first-order valence-corrected chi connectivity index (χ1v) is 18.9. The Kier molecular flexibility index (Phi) is 13.6. The van der Waals surface area contributed by atoms with Crippen LogP contribution in [-0.2, 0) is 53.1 Å². The molecule has 1 fully saturated rings. The van der Waals surface area contributed by atoms with Gasteiger partial charge < -0.3 is 35.8 Å². The van der Waals surface area contributed by atoms with Crippen LogP contribution in [0.2, 0.25) is 0 Å². The molecule has 16 heteroatoms. The van der Waals surface area contributed by atoms with Gasteiger partial charge in [-0.3, -0.25) is 19.2 Å². The van der Waals surface area contributed by atoms with Crippen molar-refractivity contribution in [2.45, 2.75) is 110 Å². The normalized spacial score (nSPS) is 13.5. The summed E-state index contributed by atoms with van der Waals surface area (Å²) < 4.78 is 7.50. The summed E-state index contributed by atoms with van der Waals surface area (Å²) >= 11 is 0. The summed E-state index contributed by atoms with van der Waals surface area (Å²) in [5.74, 6) is -1.57. The number of hydrogen-bond acceptors (Lipinski definition) is 11. The molecule has 2 aromatic carbocycles. The Bertz CT molecular complexity index is 2070. The first-order valence-electron chi connectivity index (χ1n) is 18.9. The molecule has 3 heterocycles. The van der Waals surface area contributed by atoms with Crippen LogP contribution in [0.25, 0.3) is 21.9 Å². The molecule has 5 N–H and O–H groups in total. The van der Waals surface area contributed by atoms with E-state index in [0.717, 1.165) is 52.6 Å². The Balaban J connectivity index is 1.19. The smallest absolute Gasteiger partial charge is 0.407 e. The number of fused-ring (bicyclic) bond motifs is 3. The SMILES string of the molecule is CCCCc1nc2c(N)nc3ccccc3c2n1Cc1ccc(CNC(=O)[C@H](CNC(=O)OC(C)(C)C)NC(=O)CCCCC(=O)ON2C(=O)CCC2=O)cc1. The Labute approximate surface area is 324 Å². The molecule has 5 amide bonds. The van der Waals surface area contributed by atoms with E-state index in [4.69, 9.17) is 20.3 Å². The number of aromatic nitrogens is 3. The summed E-state index contributed by atoms with van der Waals surface area (Å²) in [6, 6.07) is 14.6. The highest BCUT2D eigenvalue weighted by Gasteiger charge is 2.32. The van der Waals surface area contributed by atoms with Crippen molar-refractivity contribution in [2.75, 3.05) is 12.3 Å². The van der Waals surface area contributed by atoms with Crippen molar-refractivity contribution in [1.29, 1.82) is 0 Å². The summed E-state index contributed by atoms with van der Waals surface area (Å²) in [5.41, 5.74) is 9.87. The lowest BCUT2D eigenvalue weighted by Crippen LogP contribution is -2.52.